The Morgan fingerprint density at radius 3 is 2.85 bits per heavy atom. The summed E-state index contributed by atoms with van der Waals surface area (Å²) in [5, 5.41) is 0. The molecule has 26 heavy (non-hydrogen) atoms. The lowest BCUT2D eigenvalue weighted by Gasteiger charge is -2.27. The first-order valence-corrected chi connectivity index (χ1v) is 9.17. The molecule has 4 heterocycles. The molecule has 3 aromatic heterocycles. The molecule has 0 saturated heterocycles. The maximum absolute atomic E-state index is 6.06. The van der Waals surface area contributed by atoms with Crippen molar-refractivity contribution in [2.45, 2.75) is 38.8 Å². The van der Waals surface area contributed by atoms with Crippen molar-refractivity contribution >= 4 is 0 Å². The lowest BCUT2D eigenvalue weighted by molar-refractivity contribution is 0.221. The lowest BCUT2D eigenvalue weighted by Crippen LogP contribution is -2.30. The topological polar surface area (TPSA) is 67.9 Å². The molecule has 0 radical (unpaired) electrons. The van der Waals surface area contributed by atoms with E-state index in [0.29, 0.717) is 11.7 Å². The van der Waals surface area contributed by atoms with E-state index in [2.05, 4.69) is 38.9 Å². The Balaban J connectivity index is 1.29. The van der Waals surface area contributed by atoms with Gasteiger partial charge < -0.3 is 4.42 Å². The molecule has 2 unspecified atom stereocenters. The smallest absolute Gasteiger partial charge is 0.162 e. The molecular weight excluding hydrogens is 326 g/mol. The van der Waals surface area contributed by atoms with Crippen molar-refractivity contribution in [1.82, 2.24) is 24.8 Å². The first kappa shape index (κ1) is 15.6. The van der Waals surface area contributed by atoms with Crippen LogP contribution in [0.3, 0.4) is 0 Å². The van der Waals surface area contributed by atoms with E-state index in [0.717, 1.165) is 54.8 Å². The summed E-state index contributed by atoms with van der Waals surface area (Å²) in [6, 6.07) is 4.28. The van der Waals surface area contributed by atoms with Gasteiger partial charge in [0.15, 0.2) is 5.82 Å². The van der Waals surface area contributed by atoms with Crippen LogP contribution in [-0.2, 0) is 19.5 Å². The van der Waals surface area contributed by atoms with Crippen LogP contribution in [0.2, 0.25) is 0 Å². The highest BCUT2D eigenvalue weighted by atomic mass is 16.3. The second kappa shape index (κ2) is 6.29. The van der Waals surface area contributed by atoms with Crippen molar-refractivity contribution in [2.75, 3.05) is 6.54 Å². The maximum atomic E-state index is 6.06. The van der Waals surface area contributed by atoms with Gasteiger partial charge in [0, 0.05) is 49.6 Å². The standard InChI is InChI=1S/C20H21N5O/c1-13-6-17(13)19-3-2-16(26-19)11-25-5-4-18-15(10-25)9-23-20(24-18)14-7-21-12-22-8-14/h2-3,7-9,12-13,17H,4-6,10-11H2,1H3. The monoisotopic (exact) mass is 347 g/mol. The van der Waals surface area contributed by atoms with Gasteiger partial charge in [0.1, 0.15) is 17.8 Å². The summed E-state index contributed by atoms with van der Waals surface area (Å²) in [5.74, 6) is 4.33. The summed E-state index contributed by atoms with van der Waals surface area (Å²) in [6.45, 7) is 4.96. The van der Waals surface area contributed by atoms with E-state index in [4.69, 9.17) is 9.40 Å². The fraction of sp³-hybridized carbons (Fsp3) is 0.400. The van der Waals surface area contributed by atoms with Crippen LogP contribution < -0.4 is 0 Å². The maximum Gasteiger partial charge on any atom is 0.162 e. The van der Waals surface area contributed by atoms with E-state index in [9.17, 15) is 0 Å². The predicted octanol–water partition coefficient (Wildman–Crippen LogP) is 3.21. The Kier molecular flexibility index (Phi) is 3.78. The summed E-state index contributed by atoms with van der Waals surface area (Å²) in [4.78, 5) is 19.7. The number of rotatable bonds is 4. The van der Waals surface area contributed by atoms with E-state index >= 15 is 0 Å². The highest BCUT2D eigenvalue weighted by Gasteiger charge is 2.36. The molecule has 1 fully saturated rings. The molecule has 0 N–H and O–H groups in total. The van der Waals surface area contributed by atoms with Crippen LogP contribution >= 0.6 is 0 Å². The van der Waals surface area contributed by atoms with Crippen LogP contribution in [0.1, 0.15) is 42.0 Å². The highest BCUT2D eigenvalue weighted by molar-refractivity contribution is 5.52. The van der Waals surface area contributed by atoms with Gasteiger partial charge in [0.05, 0.1) is 17.8 Å². The zero-order chi connectivity index (χ0) is 17.5. The molecule has 0 spiro atoms. The first-order chi connectivity index (χ1) is 12.8. The van der Waals surface area contributed by atoms with E-state index in [1.165, 1.54) is 18.3 Å². The Labute approximate surface area is 152 Å². The Hall–Kier alpha value is -2.60. The molecule has 6 heteroatoms. The second-order valence-electron chi connectivity index (χ2n) is 7.38. The molecule has 2 aliphatic rings. The third-order valence-electron chi connectivity index (χ3n) is 5.37. The molecule has 1 aliphatic carbocycles. The highest BCUT2D eigenvalue weighted by Crippen LogP contribution is 2.47. The zero-order valence-corrected chi connectivity index (χ0v) is 14.8. The molecule has 1 saturated carbocycles. The molecule has 0 bridgehead atoms. The molecule has 5 rings (SSSR count). The average molecular weight is 347 g/mol. The second-order valence-corrected chi connectivity index (χ2v) is 7.38. The van der Waals surface area contributed by atoms with Crippen LogP contribution in [0, 0.1) is 5.92 Å². The quantitative estimate of drug-likeness (QED) is 0.722. The van der Waals surface area contributed by atoms with Gasteiger partial charge in [-0.3, -0.25) is 4.90 Å². The summed E-state index contributed by atoms with van der Waals surface area (Å²) >= 11 is 0. The van der Waals surface area contributed by atoms with E-state index < -0.39 is 0 Å². The molecule has 2 atom stereocenters. The van der Waals surface area contributed by atoms with Gasteiger partial charge in [-0.1, -0.05) is 6.92 Å². The molecule has 3 aromatic rings. The Bertz CT molecular complexity index is 923. The molecule has 6 nitrogen and oxygen atoms in total. The van der Waals surface area contributed by atoms with Crippen molar-refractivity contribution in [3.05, 3.63) is 59.8 Å². The van der Waals surface area contributed by atoms with Crippen LogP contribution in [0.4, 0.5) is 0 Å². The minimum absolute atomic E-state index is 0.639. The van der Waals surface area contributed by atoms with Gasteiger partial charge in [-0.2, -0.15) is 0 Å². The lowest BCUT2D eigenvalue weighted by atomic mass is 10.1. The van der Waals surface area contributed by atoms with Crippen molar-refractivity contribution in [3.63, 3.8) is 0 Å². The normalized spacial score (nSPS) is 22.2. The summed E-state index contributed by atoms with van der Waals surface area (Å²) < 4.78 is 6.06. The van der Waals surface area contributed by atoms with E-state index in [1.54, 1.807) is 12.4 Å². The van der Waals surface area contributed by atoms with Crippen LogP contribution in [0.5, 0.6) is 0 Å². The van der Waals surface area contributed by atoms with Gasteiger partial charge in [-0.15, -0.1) is 0 Å². The summed E-state index contributed by atoms with van der Waals surface area (Å²) in [7, 11) is 0. The average Bonchev–Trinajstić information content (AvgIpc) is 3.23. The van der Waals surface area contributed by atoms with Gasteiger partial charge in [-0.25, -0.2) is 19.9 Å². The zero-order valence-electron chi connectivity index (χ0n) is 14.8. The third-order valence-corrected chi connectivity index (χ3v) is 5.37. The molecule has 0 amide bonds. The largest absolute Gasteiger partial charge is 0.464 e. The van der Waals surface area contributed by atoms with Gasteiger partial charge in [-0.05, 0) is 24.5 Å². The van der Waals surface area contributed by atoms with Crippen LogP contribution in [-0.4, -0.2) is 31.4 Å². The summed E-state index contributed by atoms with van der Waals surface area (Å²) in [6.07, 6.45) is 9.14. The van der Waals surface area contributed by atoms with Crippen molar-refractivity contribution < 1.29 is 4.42 Å². The number of aromatic nitrogens is 4. The molecule has 1 aliphatic heterocycles. The van der Waals surface area contributed by atoms with Crippen molar-refractivity contribution in [3.8, 4) is 11.4 Å². The Morgan fingerprint density at radius 2 is 2.04 bits per heavy atom. The third kappa shape index (κ3) is 3.01. The number of nitrogens with zero attached hydrogens (tertiary/aromatic N) is 5. The predicted molar refractivity (Wildman–Crippen MR) is 96.1 cm³/mol. The van der Waals surface area contributed by atoms with E-state index in [-0.39, 0.29) is 0 Å². The SMILES string of the molecule is CC1CC1c1ccc(CN2CCc3nc(-c4cncnc4)ncc3C2)o1. The molecule has 132 valence electrons. The van der Waals surface area contributed by atoms with E-state index in [1.807, 2.05) is 6.20 Å². The van der Waals surface area contributed by atoms with Crippen LogP contribution in [0.25, 0.3) is 11.4 Å². The summed E-state index contributed by atoms with van der Waals surface area (Å²) in [5.41, 5.74) is 3.18. The van der Waals surface area contributed by atoms with Gasteiger partial charge in [0.25, 0.3) is 0 Å². The van der Waals surface area contributed by atoms with Crippen molar-refractivity contribution in [2.24, 2.45) is 5.92 Å². The van der Waals surface area contributed by atoms with Crippen LogP contribution in [0.15, 0.2) is 41.5 Å². The molecular formula is C20H21N5O. The van der Waals surface area contributed by atoms with Gasteiger partial charge in [0.2, 0.25) is 0 Å². The fourth-order valence-electron chi connectivity index (χ4n) is 3.68. The van der Waals surface area contributed by atoms with Gasteiger partial charge >= 0.3 is 0 Å². The van der Waals surface area contributed by atoms with Crippen molar-refractivity contribution in [1.29, 1.82) is 0 Å². The number of hydrogen-bond donors (Lipinski definition) is 0. The number of furan rings is 1. The number of hydrogen-bond acceptors (Lipinski definition) is 6. The number of fused-ring (bicyclic) bond motifs is 1. The fourth-order valence-corrected chi connectivity index (χ4v) is 3.68. The Morgan fingerprint density at radius 1 is 1.19 bits per heavy atom. The minimum atomic E-state index is 0.639. The minimum Gasteiger partial charge on any atom is -0.464 e. The first-order valence-electron chi connectivity index (χ1n) is 9.17. The molecule has 0 aromatic carbocycles.